The van der Waals surface area contributed by atoms with Gasteiger partial charge in [-0.3, -0.25) is 9.59 Å². The number of hydrogen-bond acceptors (Lipinski definition) is 4. The summed E-state index contributed by atoms with van der Waals surface area (Å²) < 4.78 is 16.7. The van der Waals surface area contributed by atoms with Crippen molar-refractivity contribution < 1.29 is 14.0 Å². The minimum Gasteiger partial charge on any atom is -0.326 e. The molecule has 3 heterocycles. The van der Waals surface area contributed by atoms with Gasteiger partial charge in [0.25, 0.3) is 0 Å². The molecule has 7 nitrogen and oxygen atoms in total. The molecule has 1 saturated heterocycles. The first kappa shape index (κ1) is 21.3. The molecule has 1 aromatic heterocycles. The number of hydrogen-bond donors (Lipinski definition) is 1. The zero-order valence-electron chi connectivity index (χ0n) is 18.6. The van der Waals surface area contributed by atoms with Crippen LogP contribution in [-0.4, -0.2) is 33.1 Å². The Labute approximate surface area is 191 Å². The van der Waals surface area contributed by atoms with Crippen LogP contribution in [0, 0.1) is 18.7 Å². The second-order valence-electron chi connectivity index (χ2n) is 8.83. The first-order valence-electron chi connectivity index (χ1n) is 11.4. The molecule has 2 amide bonds. The third-order valence-corrected chi connectivity index (χ3v) is 6.43. The fourth-order valence-corrected chi connectivity index (χ4v) is 4.56. The highest BCUT2D eigenvalue weighted by molar-refractivity contribution is 6.03. The van der Waals surface area contributed by atoms with E-state index in [1.807, 2.05) is 35.8 Å². The maximum atomic E-state index is 14.7. The summed E-state index contributed by atoms with van der Waals surface area (Å²) in [5, 5.41) is 11.4. The Bertz CT molecular complexity index is 1200. The van der Waals surface area contributed by atoms with Crippen molar-refractivity contribution in [3.05, 3.63) is 59.7 Å². The van der Waals surface area contributed by atoms with Crippen LogP contribution in [0.25, 0.3) is 11.4 Å². The van der Waals surface area contributed by atoms with Crippen molar-refractivity contribution in [2.24, 2.45) is 5.92 Å². The van der Waals surface area contributed by atoms with E-state index in [0.29, 0.717) is 23.6 Å². The van der Waals surface area contributed by atoms with Crippen LogP contribution in [0.5, 0.6) is 0 Å². The van der Waals surface area contributed by atoms with E-state index in [1.165, 1.54) is 12.1 Å². The highest BCUT2D eigenvalue weighted by atomic mass is 19.1. The Hall–Kier alpha value is -3.55. The summed E-state index contributed by atoms with van der Waals surface area (Å²) in [5.41, 5.74) is 2.69. The highest BCUT2D eigenvalue weighted by Crippen LogP contribution is 2.29. The lowest BCUT2D eigenvalue weighted by molar-refractivity contribution is -0.122. The molecule has 170 valence electrons. The summed E-state index contributed by atoms with van der Waals surface area (Å²) >= 11 is 0. The van der Waals surface area contributed by atoms with Crippen LogP contribution in [0.4, 0.5) is 15.8 Å². The lowest BCUT2D eigenvalue weighted by Crippen LogP contribution is -2.28. The van der Waals surface area contributed by atoms with Gasteiger partial charge in [-0.15, -0.1) is 10.2 Å². The number of amides is 2. The third kappa shape index (κ3) is 4.25. The van der Waals surface area contributed by atoms with Crippen LogP contribution in [0.15, 0.2) is 42.5 Å². The van der Waals surface area contributed by atoms with E-state index in [4.69, 9.17) is 0 Å². The van der Waals surface area contributed by atoms with Gasteiger partial charge < -0.3 is 14.8 Å². The number of rotatable bonds is 4. The first-order valence-corrected chi connectivity index (χ1v) is 11.4. The van der Waals surface area contributed by atoms with E-state index in [0.717, 1.165) is 49.3 Å². The van der Waals surface area contributed by atoms with Crippen LogP contribution < -0.4 is 10.2 Å². The van der Waals surface area contributed by atoms with Gasteiger partial charge in [-0.05, 0) is 50.1 Å². The largest absolute Gasteiger partial charge is 0.326 e. The fraction of sp³-hybridized carbons (Fsp3) is 0.360. The summed E-state index contributed by atoms with van der Waals surface area (Å²) in [6.45, 7) is 3.06. The quantitative estimate of drug-likeness (QED) is 0.653. The van der Waals surface area contributed by atoms with Crippen molar-refractivity contribution >= 4 is 23.2 Å². The molecule has 8 heteroatoms. The Kier molecular flexibility index (Phi) is 5.66. The first-order chi connectivity index (χ1) is 16.0. The van der Waals surface area contributed by atoms with E-state index in [9.17, 15) is 14.0 Å². The standard InChI is InChI=1S/C25H26FN5O2/c1-16-6-9-19(10-7-16)31-15-17(13-23(31)32)25(33)27-18-8-11-21(26)20(14-18)24-29-28-22-5-3-2-4-12-30(22)24/h6-11,14,17H,2-5,12-13,15H2,1H3,(H,27,33). The van der Waals surface area contributed by atoms with Crippen LogP contribution in [0.2, 0.25) is 0 Å². The number of anilines is 2. The van der Waals surface area contributed by atoms with Gasteiger partial charge in [0.1, 0.15) is 11.6 Å². The number of carbonyl (C=O) groups is 2. The zero-order valence-corrected chi connectivity index (χ0v) is 18.6. The third-order valence-electron chi connectivity index (χ3n) is 6.43. The van der Waals surface area contributed by atoms with Crippen molar-refractivity contribution in [1.29, 1.82) is 0 Å². The molecular formula is C25H26FN5O2. The molecule has 3 aromatic rings. The average molecular weight is 448 g/mol. The molecule has 33 heavy (non-hydrogen) atoms. The Morgan fingerprint density at radius 3 is 2.73 bits per heavy atom. The van der Waals surface area contributed by atoms with Gasteiger partial charge in [0.05, 0.1) is 11.5 Å². The van der Waals surface area contributed by atoms with Crippen molar-refractivity contribution in [1.82, 2.24) is 14.8 Å². The maximum absolute atomic E-state index is 14.7. The minimum atomic E-state index is -0.475. The van der Waals surface area contributed by atoms with E-state index in [-0.39, 0.29) is 18.2 Å². The van der Waals surface area contributed by atoms with Gasteiger partial charge in [0, 0.05) is 37.3 Å². The van der Waals surface area contributed by atoms with Gasteiger partial charge in [-0.25, -0.2) is 4.39 Å². The number of carbonyl (C=O) groups excluding carboxylic acids is 2. The van der Waals surface area contributed by atoms with Crippen LogP contribution in [0.3, 0.4) is 0 Å². The Morgan fingerprint density at radius 2 is 1.91 bits per heavy atom. The number of aryl methyl sites for hydroxylation is 2. The second-order valence-corrected chi connectivity index (χ2v) is 8.83. The monoisotopic (exact) mass is 447 g/mol. The molecule has 0 radical (unpaired) electrons. The van der Waals surface area contributed by atoms with Crippen molar-refractivity contribution in [2.45, 2.75) is 45.6 Å². The summed E-state index contributed by atoms with van der Waals surface area (Å²) in [4.78, 5) is 27.1. The molecule has 1 fully saturated rings. The zero-order chi connectivity index (χ0) is 22.9. The normalized spacial score (nSPS) is 18.2. The molecule has 1 unspecified atom stereocenters. The van der Waals surface area contributed by atoms with Crippen molar-refractivity contribution in [3.63, 3.8) is 0 Å². The SMILES string of the molecule is Cc1ccc(N2CC(C(=O)Nc3ccc(F)c(-c4nnc5n4CCCCC5)c3)CC2=O)cc1. The van der Waals surface area contributed by atoms with Gasteiger partial charge >= 0.3 is 0 Å². The molecule has 0 bridgehead atoms. The molecule has 1 atom stereocenters. The van der Waals surface area contributed by atoms with E-state index in [1.54, 1.807) is 11.0 Å². The molecule has 1 N–H and O–H groups in total. The van der Waals surface area contributed by atoms with Crippen LogP contribution in [0.1, 0.15) is 37.1 Å². The van der Waals surface area contributed by atoms with Crippen molar-refractivity contribution in [2.75, 3.05) is 16.8 Å². The number of fused-ring (bicyclic) bond motifs is 1. The predicted octanol–water partition coefficient (Wildman–Crippen LogP) is 4.11. The number of aromatic nitrogens is 3. The topological polar surface area (TPSA) is 80.1 Å². The van der Waals surface area contributed by atoms with E-state index in [2.05, 4.69) is 15.5 Å². The highest BCUT2D eigenvalue weighted by Gasteiger charge is 2.35. The summed E-state index contributed by atoms with van der Waals surface area (Å²) in [5.74, 6) is 0.144. The summed E-state index contributed by atoms with van der Waals surface area (Å²) in [6.07, 6.45) is 4.14. The molecule has 2 aliphatic heterocycles. The molecular weight excluding hydrogens is 421 g/mol. The molecule has 0 spiro atoms. The molecule has 2 aliphatic rings. The van der Waals surface area contributed by atoms with Crippen molar-refractivity contribution in [3.8, 4) is 11.4 Å². The van der Waals surface area contributed by atoms with E-state index >= 15 is 0 Å². The average Bonchev–Trinajstić information content (AvgIpc) is 3.31. The molecule has 0 aliphatic carbocycles. The smallest absolute Gasteiger partial charge is 0.229 e. The number of benzene rings is 2. The predicted molar refractivity (Wildman–Crippen MR) is 123 cm³/mol. The van der Waals surface area contributed by atoms with Gasteiger partial charge in [-0.2, -0.15) is 0 Å². The number of halogens is 1. The number of nitrogens with zero attached hydrogens (tertiary/aromatic N) is 4. The van der Waals surface area contributed by atoms with Gasteiger partial charge in [-0.1, -0.05) is 24.1 Å². The minimum absolute atomic E-state index is 0.0787. The van der Waals surface area contributed by atoms with Crippen LogP contribution in [-0.2, 0) is 22.6 Å². The lowest BCUT2D eigenvalue weighted by atomic mass is 10.1. The Morgan fingerprint density at radius 1 is 1.09 bits per heavy atom. The summed E-state index contributed by atoms with van der Waals surface area (Å²) in [7, 11) is 0. The Balaban J connectivity index is 1.33. The van der Waals surface area contributed by atoms with Gasteiger partial charge in [0.2, 0.25) is 11.8 Å². The van der Waals surface area contributed by atoms with Gasteiger partial charge in [0.15, 0.2) is 5.82 Å². The maximum Gasteiger partial charge on any atom is 0.229 e. The second kappa shape index (κ2) is 8.77. The van der Waals surface area contributed by atoms with E-state index < -0.39 is 11.7 Å². The molecule has 5 rings (SSSR count). The lowest BCUT2D eigenvalue weighted by Gasteiger charge is -2.17. The molecule has 0 saturated carbocycles. The molecule has 2 aromatic carbocycles. The fourth-order valence-electron chi connectivity index (χ4n) is 4.56. The summed E-state index contributed by atoms with van der Waals surface area (Å²) in [6, 6.07) is 12.1. The van der Waals surface area contributed by atoms with Crippen LogP contribution >= 0.6 is 0 Å². The number of nitrogens with one attached hydrogen (secondary N) is 1.